The Morgan fingerprint density at radius 2 is 1.66 bits per heavy atom. The molecule has 0 aliphatic rings. The number of carbonyl (C=O) groups excluding carboxylic acids is 2. The first-order valence-electron chi connectivity index (χ1n) is 11.7. The molecule has 0 fully saturated rings. The Morgan fingerprint density at radius 3 is 2.37 bits per heavy atom. The molecule has 10 nitrogen and oxygen atoms in total. The van der Waals surface area contributed by atoms with Gasteiger partial charge < -0.3 is 20.5 Å². The number of azo groups is 1. The molecule has 2 amide bonds. The number of phenols is 1. The highest BCUT2D eigenvalue weighted by Crippen LogP contribution is 2.40. The first kappa shape index (κ1) is 26.1. The number of hydrogen-bond acceptors (Lipinski definition) is 8. The summed E-state index contributed by atoms with van der Waals surface area (Å²) in [5, 5.41) is 25.7. The van der Waals surface area contributed by atoms with Gasteiger partial charge in [0.1, 0.15) is 17.1 Å². The van der Waals surface area contributed by atoms with Crippen LogP contribution in [0.25, 0.3) is 10.8 Å². The fourth-order valence-corrected chi connectivity index (χ4v) is 3.79. The smallest absolute Gasteiger partial charge is 0.254 e. The molecule has 4 aromatic carbocycles. The summed E-state index contributed by atoms with van der Waals surface area (Å²) in [6.07, 6.45) is 0. The Morgan fingerprint density at radius 1 is 0.895 bits per heavy atom. The van der Waals surface area contributed by atoms with E-state index in [0.29, 0.717) is 27.8 Å². The van der Waals surface area contributed by atoms with Gasteiger partial charge in [0.2, 0.25) is 0 Å². The molecule has 0 aliphatic heterocycles. The molecule has 0 atom stereocenters. The molecule has 0 saturated carbocycles. The van der Waals surface area contributed by atoms with Crippen molar-refractivity contribution in [1.29, 1.82) is 0 Å². The number of methoxy groups -OCH3 is 1. The van der Waals surface area contributed by atoms with E-state index in [-0.39, 0.29) is 29.5 Å². The lowest BCUT2D eigenvalue weighted by molar-refractivity contribution is 0.0954. The van der Waals surface area contributed by atoms with Crippen LogP contribution in [-0.2, 0) is 11.4 Å². The number of anilines is 1. The van der Waals surface area contributed by atoms with Crippen molar-refractivity contribution in [2.24, 2.45) is 10.2 Å². The molecule has 0 radical (unpaired) electrons. The number of nitrogens with zero attached hydrogens (tertiary/aromatic N) is 2. The predicted octanol–water partition coefficient (Wildman–Crippen LogP) is 5.23. The Hall–Kier alpha value is -4.96. The van der Waals surface area contributed by atoms with Gasteiger partial charge >= 0.3 is 0 Å². The van der Waals surface area contributed by atoms with Crippen molar-refractivity contribution in [3.8, 4) is 11.5 Å². The zero-order valence-electron chi connectivity index (χ0n) is 21.1. The minimum absolute atomic E-state index is 0.00380. The van der Waals surface area contributed by atoms with Crippen LogP contribution < -0.4 is 20.9 Å². The van der Waals surface area contributed by atoms with Gasteiger partial charge in [0.05, 0.1) is 25.0 Å². The van der Waals surface area contributed by atoms with E-state index in [1.807, 2.05) is 36.4 Å². The van der Waals surface area contributed by atoms with Crippen molar-refractivity contribution in [2.45, 2.75) is 6.61 Å². The number of fused-ring (bicyclic) bond motifs is 1. The third-order valence-electron chi connectivity index (χ3n) is 5.75. The number of para-hydroxylation sites is 1. The minimum Gasteiger partial charge on any atom is -0.505 e. The molecule has 4 rings (SSSR count). The van der Waals surface area contributed by atoms with Gasteiger partial charge in [-0.25, -0.2) is 0 Å². The van der Waals surface area contributed by atoms with E-state index >= 15 is 0 Å². The van der Waals surface area contributed by atoms with Gasteiger partial charge in [-0.3, -0.25) is 19.9 Å². The second kappa shape index (κ2) is 11.8. The van der Waals surface area contributed by atoms with Crippen LogP contribution in [0, 0.1) is 0 Å². The number of ether oxygens (including phenoxy) is 1. The molecule has 38 heavy (non-hydrogen) atoms. The predicted molar refractivity (Wildman–Crippen MR) is 144 cm³/mol. The molecule has 0 spiro atoms. The second-order valence-corrected chi connectivity index (χ2v) is 8.18. The van der Waals surface area contributed by atoms with Crippen LogP contribution in [0.4, 0.5) is 17.1 Å². The maximum Gasteiger partial charge on any atom is 0.254 e. The average Bonchev–Trinajstić information content (AvgIpc) is 2.96. The molecule has 0 bridgehead atoms. The third kappa shape index (κ3) is 5.71. The zero-order valence-corrected chi connectivity index (χ0v) is 21.1. The quantitative estimate of drug-likeness (QED) is 0.179. The number of benzene rings is 4. The summed E-state index contributed by atoms with van der Waals surface area (Å²) in [4.78, 5) is 30.2. The fraction of sp³-hybridized carbons (Fsp3) is 0.143. The third-order valence-corrected chi connectivity index (χ3v) is 5.75. The molecule has 4 aromatic rings. The van der Waals surface area contributed by atoms with Crippen LogP contribution in [0.15, 0.2) is 83.0 Å². The number of phenolic OH excluding ortho intramolecular Hbond substituents is 1. The van der Waals surface area contributed by atoms with Gasteiger partial charge in [-0.05, 0) is 53.4 Å². The average molecular weight is 514 g/mol. The van der Waals surface area contributed by atoms with E-state index in [9.17, 15) is 14.7 Å². The van der Waals surface area contributed by atoms with Gasteiger partial charge in [-0.1, -0.05) is 30.3 Å². The Kier molecular flexibility index (Phi) is 8.14. The Labute approximate surface area is 219 Å². The monoisotopic (exact) mass is 513 g/mol. The summed E-state index contributed by atoms with van der Waals surface area (Å²) in [6.45, 7) is 0.240. The lowest BCUT2D eigenvalue weighted by atomic mass is 10.0. The van der Waals surface area contributed by atoms with E-state index in [1.165, 1.54) is 27.3 Å². The minimum atomic E-state index is -0.506. The topological polar surface area (TPSA) is 134 Å². The molecular weight excluding hydrogens is 486 g/mol. The van der Waals surface area contributed by atoms with Crippen molar-refractivity contribution in [2.75, 3.05) is 26.7 Å². The molecule has 194 valence electrons. The zero-order chi connectivity index (χ0) is 27.1. The lowest BCUT2D eigenvalue weighted by Gasteiger charge is -2.11. The van der Waals surface area contributed by atoms with Gasteiger partial charge in [-0.2, -0.15) is 0 Å². The molecule has 10 heteroatoms. The molecule has 4 N–H and O–H groups in total. The van der Waals surface area contributed by atoms with Gasteiger partial charge in [0.15, 0.2) is 5.75 Å². The van der Waals surface area contributed by atoms with Crippen LogP contribution >= 0.6 is 0 Å². The lowest BCUT2D eigenvalue weighted by Crippen LogP contribution is -2.18. The molecule has 0 saturated heterocycles. The highest BCUT2D eigenvalue weighted by molar-refractivity contribution is 6.08. The second-order valence-electron chi connectivity index (χ2n) is 8.18. The summed E-state index contributed by atoms with van der Waals surface area (Å²) < 4.78 is 5.43. The molecule has 0 aromatic heterocycles. The van der Waals surface area contributed by atoms with E-state index in [1.54, 1.807) is 30.3 Å². The molecule has 0 heterocycles. The largest absolute Gasteiger partial charge is 0.505 e. The van der Waals surface area contributed by atoms with Crippen molar-refractivity contribution >= 4 is 39.6 Å². The summed E-state index contributed by atoms with van der Waals surface area (Å²) in [6, 6.07) is 21.2. The highest BCUT2D eigenvalue weighted by Gasteiger charge is 2.19. The SMILES string of the molecule is CNC(=O)c1ccc2c(N=Nc3cc(CONc4ccccc4)ccc3OC)c(O)c(C(=O)NC)cc2c1. The van der Waals surface area contributed by atoms with Gasteiger partial charge in [-0.15, -0.1) is 10.2 Å². The summed E-state index contributed by atoms with van der Waals surface area (Å²) in [7, 11) is 4.50. The van der Waals surface area contributed by atoms with Crippen LogP contribution in [0.5, 0.6) is 11.5 Å². The number of aromatic hydroxyl groups is 1. The maximum atomic E-state index is 12.5. The van der Waals surface area contributed by atoms with Crippen molar-refractivity contribution in [3.05, 3.63) is 89.5 Å². The summed E-state index contributed by atoms with van der Waals surface area (Å²) >= 11 is 0. The first-order chi connectivity index (χ1) is 18.4. The van der Waals surface area contributed by atoms with Crippen LogP contribution in [-0.4, -0.2) is 38.1 Å². The van der Waals surface area contributed by atoms with E-state index in [4.69, 9.17) is 9.57 Å². The molecular formula is C28H27N5O5. The fourth-order valence-electron chi connectivity index (χ4n) is 3.79. The first-order valence-corrected chi connectivity index (χ1v) is 11.7. The number of nitrogens with one attached hydrogen (secondary N) is 3. The summed E-state index contributed by atoms with van der Waals surface area (Å²) in [5.74, 6) is -0.663. The molecule has 0 aliphatic carbocycles. The van der Waals surface area contributed by atoms with E-state index in [2.05, 4.69) is 26.3 Å². The van der Waals surface area contributed by atoms with Crippen molar-refractivity contribution in [1.82, 2.24) is 10.6 Å². The number of hydrogen-bond donors (Lipinski definition) is 4. The van der Waals surface area contributed by atoms with Crippen LogP contribution in [0.1, 0.15) is 26.3 Å². The van der Waals surface area contributed by atoms with Gasteiger partial charge in [0.25, 0.3) is 11.8 Å². The number of amides is 2. The van der Waals surface area contributed by atoms with Crippen molar-refractivity contribution < 1.29 is 24.3 Å². The van der Waals surface area contributed by atoms with E-state index < -0.39 is 5.91 Å². The highest BCUT2D eigenvalue weighted by atomic mass is 16.6. The molecule has 0 unspecified atom stereocenters. The normalized spacial score (nSPS) is 10.9. The van der Waals surface area contributed by atoms with Crippen LogP contribution in [0.3, 0.4) is 0 Å². The summed E-state index contributed by atoms with van der Waals surface area (Å²) in [5.41, 5.74) is 5.38. The van der Waals surface area contributed by atoms with Crippen molar-refractivity contribution in [3.63, 3.8) is 0 Å². The Bertz CT molecular complexity index is 1510. The Balaban J connectivity index is 1.70. The van der Waals surface area contributed by atoms with E-state index in [0.717, 1.165) is 11.3 Å². The number of rotatable bonds is 9. The van der Waals surface area contributed by atoms with Crippen LogP contribution in [0.2, 0.25) is 0 Å². The standard InChI is InChI=1S/C28H27N5O5/c1-29-27(35)18-10-11-21-19(14-18)15-22(28(36)30-2)26(34)25(21)32-31-23-13-17(9-12-24(23)37-3)16-38-33-20-7-5-4-6-8-20/h4-15,33-34H,16H2,1-3H3,(H,29,35)(H,30,36). The van der Waals surface area contributed by atoms with Gasteiger partial charge in [0, 0.05) is 25.0 Å². The number of carbonyl (C=O) groups is 2. The maximum absolute atomic E-state index is 12.5.